The molecule has 0 unspecified atom stereocenters. The van der Waals surface area contributed by atoms with Gasteiger partial charge >= 0.3 is 11.9 Å². The first-order valence-corrected chi connectivity index (χ1v) is 14.2. The van der Waals surface area contributed by atoms with Crippen LogP contribution in [0.25, 0.3) is 33.4 Å². The first-order chi connectivity index (χ1) is 19.8. The summed E-state index contributed by atoms with van der Waals surface area (Å²) < 4.78 is 33.7. The molecule has 0 fully saturated rings. The monoisotopic (exact) mass is 558 g/mol. The van der Waals surface area contributed by atoms with Gasteiger partial charge in [0.05, 0.1) is 11.6 Å². The van der Waals surface area contributed by atoms with Crippen molar-refractivity contribution >= 4 is 22.9 Å². The Labute approximate surface area is 240 Å². The zero-order valence-corrected chi connectivity index (χ0v) is 24.0. The highest BCUT2D eigenvalue weighted by atomic mass is 19.1. The van der Waals surface area contributed by atoms with Gasteiger partial charge in [0.25, 0.3) is 0 Å². The fourth-order valence-electron chi connectivity index (χ4n) is 4.76. The molecule has 0 aromatic heterocycles. The average Bonchev–Trinajstić information content (AvgIpc) is 2.97. The lowest BCUT2D eigenvalue weighted by Crippen LogP contribution is -2.31. The molecule has 0 radical (unpaired) electrons. The summed E-state index contributed by atoms with van der Waals surface area (Å²) in [6.45, 7) is 11.2. The Hall–Kier alpha value is -4.26. The molecule has 0 N–H and O–H groups in total. The number of hydrogen-bond donors (Lipinski definition) is 0. The molecule has 0 saturated carbocycles. The van der Waals surface area contributed by atoms with Gasteiger partial charge in [-0.2, -0.15) is 0 Å². The van der Waals surface area contributed by atoms with Crippen LogP contribution in [0.1, 0.15) is 56.8 Å². The van der Waals surface area contributed by atoms with E-state index >= 15 is 0 Å². The van der Waals surface area contributed by atoms with Crippen LogP contribution in [0.5, 0.6) is 0 Å². The number of halogens is 1. The number of carbonyl (C=O) groups is 2. The number of esters is 2. The lowest BCUT2D eigenvalue weighted by molar-refractivity contribution is -0.140. The number of rotatable bonds is 12. The number of carbonyl (C=O) groups excluding carboxylic acids is 2. The van der Waals surface area contributed by atoms with Crippen molar-refractivity contribution in [3.05, 3.63) is 89.6 Å². The molecule has 1 aliphatic carbocycles. The van der Waals surface area contributed by atoms with E-state index in [4.69, 9.17) is 13.9 Å². The molecule has 214 valence electrons. The van der Waals surface area contributed by atoms with Crippen LogP contribution < -0.4 is 9.93 Å². The van der Waals surface area contributed by atoms with Crippen LogP contribution in [0.4, 0.5) is 4.39 Å². The van der Waals surface area contributed by atoms with Crippen LogP contribution in [0.2, 0.25) is 0 Å². The maximum absolute atomic E-state index is 14.5. The van der Waals surface area contributed by atoms with E-state index in [1.807, 2.05) is 24.3 Å². The van der Waals surface area contributed by atoms with E-state index in [9.17, 15) is 14.0 Å². The molecule has 0 saturated heterocycles. The molecule has 7 heteroatoms. The van der Waals surface area contributed by atoms with Crippen molar-refractivity contribution in [3.63, 3.8) is 0 Å². The van der Waals surface area contributed by atoms with Crippen LogP contribution in [-0.2, 0) is 14.3 Å². The van der Waals surface area contributed by atoms with Gasteiger partial charge in [0.1, 0.15) is 43.5 Å². The summed E-state index contributed by atoms with van der Waals surface area (Å²) in [5, 5.41) is 1.61. The number of hydrogen-bond acceptors (Lipinski definition) is 5. The molecule has 2 aromatic carbocycles. The van der Waals surface area contributed by atoms with Crippen LogP contribution in [-0.4, -0.2) is 38.2 Å². The third kappa shape index (κ3) is 7.09. The van der Waals surface area contributed by atoms with E-state index in [2.05, 4.69) is 31.1 Å². The fraction of sp³-hybridized carbons (Fsp3) is 0.324. The van der Waals surface area contributed by atoms with Crippen molar-refractivity contribution in [2.24, 2.45) is 0 Å². The molecule has 2 aliphatic rings. The molecule has 0 bridgehead atoms. The van der Waals surface area contributed by atoms with Crippen molar-refractivity contribution < 1.29 is 27.9 Å². The van der Waals surface area contributed by atoms with Crippen molar-refractivity contribution in [3.8, 4) is 22.5 Å². The minimum absolute atomic E-state index is 0.0871. The van der Waals surface area contributed by atoms with Crippen molar-refractivity contribution in [1.82, 2.24) is 4.58 Å². The molecular formula is C34H37FNO5+. The minimum Gasteiger partial charge on any atom is -0.459 e. The highest BCUT2D eigenvalue weighted by Gasteiger charge is 2.23. The molecule has 1 aliphatic heterocycles. The number of fused-ring (bicyclic) bond motifs is 2. The highest BCUT2D eigenvalue weighted by Crippen LogP contribution is 2.41. The number of unbranched alkanes of at least 4 members (excludes halogenated alkanes) is 2. The van der Waals surface area contributed by atoms with Crippen LogP contribution in [0.3, 0.4) is 0 Å². The normalized spacial score (nSPS) is 11.0. The topological polar surface area (TPSA) is 68.8 Å². The van der Waals surface area contributed by atoms with Crippen molar-refractivity contribution in [2.45, 2.75) is 46.5 Å². The minimum atomic E-state index is -0.576. The lowest BCUT2D eigenvalue weighted by atomic mass is 9.90. The largest absolute Gasteiger partial charge is 0.459 e. The third-order valence-electron chi connectivity index (χ3n) is 6.91. The summed E-state index contributed by atoms with van der Waals surface area (Å²) in [4.78, 5) is 24.9. The quantitative estimate of drug-likeness (QED) is 0.0616. The van der Waals surface area contributed by atoms with E-state index in [1.54, 1.807) is 25.1 Å². The van der Waals surface area contributed by atoms with Crippen LogP contribution in [0.15, 0.2) is 77.2 Å². The van der Waals surface area contributed by atoms with Gasteiger partial charge in [0.2, 0.25) is 5.36 Å². The first kappa shape index (κ1) is 29.7. The maximum Gasteiger partial charge on any atom is 0.338 e. The van der Waals surface area contributed by atoms with Gasteiger partial charge in [0.15, 0.2) is 0 Å². The standard InChI is InChI=1S/C34H37FNO5/c1-5-7-17-36(18-8-6-2)25-14-15-28-31(22-25)41-30-16-13-24(35)21-29(30)32(28)26-11-9-10-12-27(26)34(38)40-20-19-39-33(37)23(3)4/h9-16,21-22H,3,5-8,17-20H2,1-2,4H3/q+1. The molecular weight excluding hydrogens is 521 g/mol. The van der Waals surface area contributed by atoms with Crippen molar-refractivity contribution in [1.29, 1.82) is 0 Å². The molecule has 41 heavy (non-hydrogen) atoms. The summed E-state index contributed by atoms with van der Waals surface area (Å²) in [5.74, 6) is -0.886. The van der Waals surface area contributed by atoms with Crippen LogP contribution >= 0.6 is 0 Å². The Bertz CT molecular complexity index is 1590. The summed E-state index contributed by atoms with van der Waals surface area (Å²) in [7, 11) is 0. The highest BCUT2D eigenvalue weighted by molar-refractivity contribution is 6.07. The number of ether oxygens (including phenoxy) is 2. The predicted octanol–water partition coefficient (Wildman–Crippen LogP) is 6.99. The van der Waals surface area contributed by atoms with Gasteiger partial charge < -0.3 is 13.9 Å². The molecule has 0 amide bonds. The Morgan fingerprint density at radius 3 is 2.32 bits per heavy atom. The molecule has 0 atom stereocenters. The van der Waals surface area contributed by atoms with E-state index in [-0.39, 0.29) is 18.8 Å². The van der Waals surface area contributed by atoms with Crippen LogP contribution in [0, 0.1) is 5.82 Å². The molecule has 0 spiro atoms. The summed E-state index contributed by atoms with van der Waals surface area (Å²) in [5.41, 5.74) is 3.12. The maximum atomic E-state index is 14.5. The van der Waals surface area contributed by atoms with E-state index in [0.29, 0.717) is 33.4 Å². The Kier molecular flexibility index (Phi) is 10.1. The predicted molar refractivity (Wildman–Crippen MR) is 159 cm³/mol. The smallest absolute Gasteiger partial charge is 0.338 e. The van der Waals surface area contributed by atoms with Gasteiger partial charge in [-0.15, -0.1) is 0 Å². The summed E-state index contributed by atoms with van der Waals surface area (Å²) in [6, 6.07) is 17.6. The Balaban J connectivity index is 1.83. The van der Waals surface area contributed by atoms with Gasteiger partial charge in [0, 0.05) is 41.0 Å². The summed E-state index contributed by atoms with van der Waals surface area (Å²) >= 11 is 0. The van der Waals surface area contributed by atoms with Gasteiger partial charge in [-0.25, -0.2) is 18.6 Å². The average molecular weight is 559 g/mol. The first-order valence-electron chi connectivity index (χ1n) is 14.2. The Morgan fingerprint density at radius 2 is 1.61 bits per heavy atom. The number of benzene rings is 3. The third-order valence-corrected chi connectivity index (χ3v) is 6.91. The molecule has 1 heterocycles. The zero-order chi connectivity index (χ0) is 29.4. The number of nitrogens with zero attached hydrogens (tertiary/aromatic N) is 1. The second kappa shape index (κ2) is 13.9. The van der Waals surface area contributed by atoms with E-state index in [1.165, 1.54) is 12.1 Å². The van der Waals surface area contributed by atoms with Gasteiger partial charge in [-0.05, 0) is 42.8 Å². The second-order valence-corrected chi connectivity index (χ2v) is 10.1. The molecule has 2 aromatic rings. The SMILES string of the molecule is C=C(C)C(=O)OCCOC(=O)c1ccccc1-c1c2ccc(=[N+](CCCC)CCCC)cc-2oc2ccc(F)cc12. The van der Waals surface area contributed by atoms with Gasteiger partial charge in [-0.3, -0.25) is 0 Å². The van der Waals surface area contributed by atoms with E-state index < -0.39 is 17.8 Å². The van der Waals surface area contributed by atoms with Gasteiger partial charge in [-0.1, -0.05) is 51.5 Å². The fourth-order valence-corrected chi connectivity index (χ4v) is 4.76. The zero-order valence-electron chi connectivity index (χ0n) is 24.0. The Morgan fingerprint density at radius 1 is 0.902 bits per heavy atom. The molecule has 6 nitrogen and oxygen atoms in total. The van der Waals surface area contributed by atoms with Crippen molar-refractivity contribution in [2.75, 3.05) is 26.3 Å². The lowest BCUT2D eigenvalue weighted by Gasteiger charge is -2.17. The van der Waals surface area contributed by atoms with E-state index in [0.717, 1.165) is 49.7 Å². The second-order valence-electron chi connectivity index (χ2n) is 10.1. The summed E-state index contributed by atoms with van der Waals surface area (Å²) in [6.07, 6.45) is 4.38. The molecule has 4 rings (SSSR count).